The van der Waals surface area contributed by atoms with Crippen molar-refractivity contribution in [3.05, 3.63) is 72.4 Å². The van der Waals surface area contributed by atoms with Crippen LogP contribution in [0.5, 0.6) is 0 Å². The highest BCUT2D eigenvalue weighted by atomic mass is 32.2. The Balaban J connectivity index is 1.53. The van der Waals surface area contributed by atoms with Crippen LogP contribution in [0.1, 0.15) is 59.0 Å². The predicted molar refractivity (Wildman–Crippen MR) is 201 cm³/mol. The molecule has 3 aromatic heterocycles. The molecular formula is C36H53N5O3SSi2. The van der Waals surface area contributed by atoms with E-state index in [0.717, 1.165) is 28.2 Å². The van der Waals surface area contributed by atoms with Crippen molar-refractivity contribution in [2.45, 2.75) is 115 Å². The molecule has 11 heteroatoms. The number of fused-ring (bicyclic) bond motifs is 1. The van der Waals surface area contributed by atoms with Crippen molar-refractivity contribution in [3.63, 3.8) is 0 Å². The first-order valence-electron chi connectivity index (χ1n) is 16.6. The molecule has 1 aliphatic rings. The summed E-state index contributed by atoms with van der Waals surface area (Å²) in [5.74, 6) is 2.01. The Kier molecular flexibility index (Phi) is 10.2. The first-order chi connectivity index (χ1) is 21.9. The lowest BCUT2D eigenvalue weighted by Gasteiger charge is -2.44. The van der Waals surface area contributed by atoms with Crippen LogP contribution in [-0.4, -0.2) is 60.2 Å². The molecule has 1 aromatic carbocycles. The zero-order valence-corrected chi connectivity index (χ0v) is 32.8. The molecule has 0 unspecified atom stereocenters. The van der Waals surface area contributed by atoms with Gasteiger partial charge in [0.1, 0.15) is 30.0 Å². The number of nitrogen functional groups attached to an aromatic ring is 1. The minimum Gasteiger partial charge on any atom is -0.408 e. The van der Waals surface area contributed by atoms with Crippen molar-refractivity contribution in [1.82, 2.24) is 19.5 Å². The van der Waals surface area contributed by atoms with Crippen LogP contribution in [0.4, 0.5) is 5.82 Å². The highest BCUT2D eigenvalue weighted by Crippen LogP contribution is 2.47. The molecule has 4 aromatic rings. The summed E-state index contributed by atoms with van der Waals surface area (Å²) in [5, 5.41) is 0.828. The average Bonchev–Trinajstić information content (AvgIpc) is 3.55. The van der Waals surface area contributed by atoms with Crippen molar-refractivity contribution in [3.8, 4) is 11.1 Å². The second-order valence-electron chi connectivity index (χ2n) is 15.8. The molecule has 4 heterocycles. The van der Waals surface area contributed by atoms with Gasteiger partial charge < -0.3 is 23.9 Å². The van der Waals surface area contributed by atoms with E-state index < -0.39 is 22.9 Å². The van der Waals surface area contributed by atoms with E-state index in [-0.39, 0.29) is 28.4 Å². The molecule has 47 heavy (non-hydrogen) atoms. The van der Waals surface area contributed by atoms with E-state index in [1.54, 1.807) is 0 Å². The van der Waals surface area contributed by atoms with Crippen LogP contribution in [0, 0.1) is 6.92 Å². The standard InChI is InChI=1S/C36H53N5O3SSi2/c1-24-28(26(17-19-38-24)25-15-13-12-14-16-25)21-45-22-29-30(43-46(8,9)35(2,3)4)31(44-47(10,11)36(5,6)7)34(42-29)41-20-18-27-32(37)39-23-40-33(27)41/h12-20,23,29-31,34H,21-22H2,1-11H3,(H2,37,39,40)/t29-,30-,31-,34-/m1/s1. The van der Waals surface area contributed by atoms with Crippen LogP contribution in [-0.2, 0) is 19.3 Å². The molecule has 5 rings (SSSR count). The normalized spacial score (nSPS) is 21.1. The minimum atomic E-state index is -2.26. The highest BCUT2D eigenvalue weighted by molar-refractivity contribution is 7.98. The Morgan fingerprint density at radius 1 is 0.872 bits per heavy atom. The fourth-order valence-corrected chi connectivity index (χ4v) is 9.30. The van der Waals surface area contributed by atoms with E-state index in [2.05, 4.69) is 131 Å². The van der Waals surface area contributed by atoms with Crippen molar-refractivity contribution < 1.29 is 13.6 Å². The van der Waals surface area contributed by atoms with Gasteiger partial charge in [-0.05, 0) is 72.0 Å². The second-order valence-corrected chi connectivity index (χ2v) is 26.3. The lowest BCUT2D eigenvalue weighted by atomic mass is 10.0. The van der Waals surface area contributed by atoms with Gasteiger partial charge in [-0.3, -0.25) is 4.98 Å². The Labute approximate surface area is 287 Å². The Hall–Kier alpha value is -2.55. The topological polar surface area (TPSA) is 97.3 Å². The summed E-state index contributed by atoms with van der Waals surface area (Å²) in [6.07, 6.45) is 4.20. The number of anilines is 1. The molecule has 0 amide bonds. The van der Waals surface area contributed by atoms with Crippen molar-refractivity contribution >= 4 is 45.2 Å². The van der Waals surface area contributed by atoms with Gasteiger partial charge >= 0.3 is 0 Å². The van der Waals surface area contributed by atoms with E-state index in [1.165, 1.54) is 23.0 Å². The molecule has 0 bridgehead atoms. The molecule has 8 nitrogen and oxygen atoms in total. The number of nitrogens with two attached hydrogens (primary N) is 1. The van der Waals surface area contributed by atoms with Gasteiger partial charge in [0.25, 0.3) is 0 Å². The fraction of sp³-hybridized carbons (Fsp3) is 0.528. The number of benzene rings is 1. The zero-order chi connectivity index (χ0) is 34.4. The molecule has 0 aliphatic carbocycles. The number of pyridine rings is 1. The van der Waals surface area contributed by atoms with Gasteiger partial charge in [0.05, 0.1) is 11.5 Å². The van der Waals surface area contributed by atoms with E-state index in [0.29, 0.717) is 5.82 Å². The van der Waals surface area contributed by atoms with Gasteiger partial charge in [-0.25, -0.2) is 9.97 Å². The summed E-state index contributed by atoms with van der Waals surface area (Å²) in [6.45, 7) is 25.0. The third-order valence-electron chi connectivity index (χ3n) is 10.5. The summed E-state index contributed by atoms with van der Waals surface area (Å²) < 4.78 is 23.9. The van der Waals surface area contributed by atoms with E-state index in [1.807, 2.05) is 30.2 Å². The number of hydrogen-bond donors (Lipinski definition) is 1. The first kappa shape index (κ1) is 35.8. The summed E-state index contributed by atoms with van der Waals surface area (Å²) >= 11 is 1.87. The minimum absolute atomic E-state index is 0.00292. The number of hydrogen-bond acceptors (Lipinski definition) is 8. The number of ether oxygens (including phenoxy) is 1. The number of thioether (sulfide) groups is 1. The van der Waals surface area contributed by atoms with Gasteiger partial charge in [0.2, 0.25) is 0 Å². The maximum absolute atomic E-state index is 7.35. The fourth-order valence-electron chi connectivity index (χ4n) is 5.51. The summed E-state index contributed by atoms with van der Waals surface area (Å²) in [7, 11) is -4.50. The Morgan fingerprint density at radius 3 is 2.15 bits per heavy atom. The SMILES string of the molecule is Cc1nccc(-c2ccccc2)c1CSC[C@H]1O[C@@H](n2ccc3c(N)ncnc32)[C@H](O[Si](C)(C)C(C)(C)C)[C@@H]1O[Si](C)(C)C(C)(C)C. The lowest BCUT2D eigenvalue weighted by molar-refractivity contribution is -0.0244. The predicted octanol–water partition coefficient (Wildman–Crippen LogP) is 9.00. The van der Waals surface area contributed by atoms with Crippen LogP contribution in [0.2, 0.25) is 36.3 Å². The van der Waals surface area contributed by atoms with Crippen LogP contribution in [0.15, 0.2) is 61.2 Å². The average molecular weight is 692 g/mol. The Bertz CT molecular complexity index is 1680. The number of rotatable bonds is 10. The van der Waals surface area contributed by atoms with Gasteiger partial charge in [-0.1, -0.05) is 71.9 Å². The summed E-state index contributed by atoms with van der Waals surface area (Å²) in [6, 6.07) is 14.6. The van der Waals surface area contributed by atoms with Gasteiger partial charge in [0.15, 0.2) is 22.9 Å². The van der Waals surface area contributed by atoms with Crippen LogP contribution >= 0.6 is 11.8 Å². The number of aryl methyl sites for hydroxylation is 1. The summed E-state index contributed by atoms with van der Waals surface area (Å²) in [4.78, 5) is 13.5. The van der Waals surface area contributed by atoms with Crippen molar-refractivity contribution in [1.29, 1.82) is 0 Å². The van der Waals surface area contributed by atoms with E-state index in [4.69, 9.17) is 19.3 Å². The molecule has 1 aliphatic heterocycles. The van der Waals surface area contributed by atoms with Crippen LogP contribution < -0.4 is 5.73 Å². The van der Waals surface area contributed by atoms with Crippen LogP contribution in [0.25, 0.3) is 22.2 Å². The maximum atomic E-state index is 7.35. The zero-order valence-electron chi connectivity index (χ0n) is 30.0. The van der Waals surface area contributed by atoms with E-state index >= 15 is 0 Å². The maximum Gasteiger partial charge on any atom is 0.192 e. The van der Waals surface area contributed by atoms with Gasteiger partial charge in [0, 0.05) is 29.6 Å². The van der Waals surface area contributed by atoms with E-state index in [9.17, 15) is 0 Å². The molecule has 0 saturated carbocycles. The summed E-state index contributed by atoms with van der Waals surface area (Å²) in [5.41, 5.74) is 11.7. The largest absolute Gasteiger partial charge is 0.408 e. The highest BCUT2D eigenvalue weighted by Gasteiger charge is 2.54. The molecule has 2 N–H and O–H groups in total. The Morgan fingerprint density at radius 2 is 1.51 bits per heavy atom. The van der Waals surface area contributed by atoms with Crippen LogP contribution in [0.3, 0.4) is 0 Å². The first-order valence-corrected chi connectivity index (χ1v) is 23.5. The second kappa shape index (κ2) is 13.4. The molecule has 254 valence electrons. The molecule has 1 saturated heterocycles. The third-order valence-corrected chi connectivity index (χ3v) is 20.5. The van der Waals surface area contributed by atoms with Crippen molar-refractivity contribution in [2.75, 3.05) is 11.5 Å². The van der Waals surface area contributed by atoms with Gasteiger partial charge in [-0.15, -0.1) is 0 Å². The quantitative estimate of drug-likeness (QED) is 0.165. The smallest absolute Gasteiger partial charge is 0.192 e. The number of nitrogens with zero attached hydrogens (tertiary/aromatic N) is 4. The van der Waals surface area contributed by atoms with Crippen molar-refractivity contribution in [2.24, 2.45) is 0 Å². The molecule has 0 radical (unpaired) electrons. The van der Waals surface area contributed by atoms with Gasteiger partial charge in [-0.2, -0.15) is 11.8 Å². The molecular weight excluding hydrogens is 639 g/mol. The lowest BCUT2D eigenvalue weighted by Crippen LogP contribution is -2.53. The third kappa shape index (κ3) is 7.40. The molecule has 0 spiro atoms. The monoisotopic (exact) mass is 691 g/mol. The molecule has 4 atom stereocenters. The molecule has 1 fully saturated rings. The number of aromatic nitrogens is 4.